The predicted molar refractivity (Wildman–Crippen MR) is 61.6 cm³/mol. The lowest BCUT2D eigenvalue weighted by Gasteiger charge is -2.01. The molecule has 0 aromatic heterocycles. The number of hydrogen-bond acceptors (Lipinski definition) is 3. The zero-order valence-corrected chi connectivity index (χ0v) is 9.96. The van der Waals surface area contributed by atoms with E-state index < -0.39 is 9.84 Å². The van der Waals surface area contributed by atoms with Crippen LogP contribution >= 0.6 is 0 Å². The molecule has 1 saturated heterocycles. The Morgan fingerprint density at radius 1 is 1.25 bits per heavy atom. The highest BCUT2D eigenvalue weighted by molar-refractivity contribution is 7.94. The van der Waals surface area contributed by atoms with Crippen LogP contribution in [0.3, 0.4) is 0 Å². The first-order valence-corrected chi connectivity index (χ1v) is 6.78. The zero-order chi connectivity index (χ0) is 11.6. The minimum Gasteiger partial charge on any atom is -0.497 e. The Morgan fingerprint density at radius 3 is 2.50 bits per heavy atom. The van der Waals surface area contributed by atoms with Gasteiger partial charge in [-0.05, 0) is 25.5 Å². The Labute approximate surface area is 95.7 Å². The molecule has 3 nitrogen and oxygen atoms in total. The molecule has 1 fully saturated rings. The van der Waals surface area contributed by atoms with Gasteiger partial charge >= 0.3 is 0 Å². The quantitative estimate of drug-likeness (QED) is 0.794. The fraction of sp³-hybridized carbons (Fsp3) is 0.333. The topological polar surface area (TPSA) is 43.4 Å². The fourth-order valence-corrected chi connectivity index (χ4v) is 2.77. The average Bonchev–Trinajstić information content (AvgIpc) is 2.70. The lowest BCUT2D eigenvalue weighted by molar-refractivity contribution is 0.264. The summed E-state index contributed by atoms with van der Waals surface area (Å²) in [6.45, 7) is 2.55. The van der Waals surface area contributed by atoms with E-state index in [9.17, 15) is 8.42 Å². The maximum absolute atomic E-state index is 11.9. The summed E-state index contributed by atoms with van der Waals surface area (Å²) < 4.78 is 29.1. The molecule has 1 aliphatic heterocycles. The molecular weight excluding hydrogens is 224 g/mol. The van der Waals surface area contributed by atoms with Crippen molar-refractivity contribution in [1.82, 2.24) is 0 Å². The van der Waals surface area contributed by atoms with E-state index in [4.69, 9.17) is 4.74 Å². The van der Waals surface area contributed by atoms with E-state index in [1.54, 1.807) is 24.3 Å². The van der Waals surface area contributed by atoms with Gasteiger partial charge in [-0.15, -0.1) is 0 Å². The van der Waals surface area contributed by atoms with Gasteiger partial charge in [0.05, 0.1) is 16.9 Å². The number of rotatable bonds is 2. The van der Waals surface area contributed by atoms with E-state index in [0.29, 0.717) is 23.7 Å². The molecule has 0 saturated carbocycles. The SMILES string of the molecule is Cc1ccc(S(=O)(=O)/C=C2/CCCO2)cc1. The van der Waals surface area contributed by atoms with Crippen molar-refractivity contribution < 1.29 is 13.2 Å². The summed E-state index contributed by atoms with van der Waals surface area (Å²) in [5.41, 5.74) is 1.05. The molecule has 4 heteroatoms. The summed E-state index contributed by atoms with van der Waals surface area (Å²) in [6.07, 6.45) is 1.61. The van der Waals surface area contributed by atoms with Crippen LogP contribution in [-0.4, -0.2) is 15.0 Å². The van der Waals surface area contributed by atoms with Gasteiger partial charge in [-0.2, -0.15) is 0 Å². The van der Waals surface area contributed by atoms with Crippen LogP contribution in [-0.2, 0) is 14.6 Å². The molecule has 0 aliphatic carbocycles. The first-order valence-electron chi connectivity index (χ1n) is 5.23. The van der Waals surface area contributed by atoms with Gasteiger partial charge in [0.25, 0.3) is 0 Å². The molecule has 0 radical (unpaired) electrons. The number of benzene rings is 1. The molecule has 0 unspecified atom stereocenters. The summed E-state index contributed by atoms with van der Waals surface area (Å²) in [6, 6.07) is 6.83. The normalized spacial score (nSPS) is 18.7. The highest BCUT2D eigenvalue weighted by atomic mass is 32.2. The number of ether oxygens (including phenoxy) is 1. The van der Waals surface area contributed by atoms with Crippen molar-refractivity contribution in [1.29, 1.82) is 0 Å². The molecule has 0 spiro atoms. The van der Waals surface area contributed by atoms with E-state index in [-0.39, 0.29) is 0 Å². The van der Waals surface area contributed by atoms with Crippen LogP contribution in [0.4, 0.5) is 0 Å². The number of sulfone groups is 1. The van der Waals surface area contributed by atoms with Gasteiger partial charge in [-0.3, -0.25) is 0 Å². The second-order valence-electron chi connectivity index (χ2n) is 3.89. The third-order valence-corrected chi connectivity index (χ3v) is 3.99. The van der Waals surface area contributed by atoms with Crippen molar-refractivity contribution in [2.75, 3.05) is 6.61 Å². The highest BCUT2D eigenvalue weighted by Gasteiger charge is 2.16. The lowest BCUT2D eigenvalue weighted by atomic mass is 10.2. The average molecular weight is 238 g/mol. The smallest absolute Gasteiger partial charge is 0.203 e. The van der Waals surface area contributed by atoms with E-state index in [1.807, 2.05) is 6.92 Å². The Morgan fingerprint density at radius 2 is 1.94 bits per heavy atom. The van der Waals surface area contributed by atoms with Crippen molar-refractivity contribution in [3.8, 4) is 0 Å². The van der Waals surface area contributed by atoms with Crippen LogP contribution in [0.25, 0.3) is 0 Å². The summed E-state index contributed by atoms with van der Waals surface area (Å²) in [5.74, 6) is 0.570. The van der Waals surface area contributed by atoms with Crippen LogP contribution < -0.4 is 0 Å². The van der Waals surface area contributed by atoms with Crippen molar-refractivity contribution in [2.45, 2.75) is 24.7 Å². The number of allylic oxidation sites excluding steroid dienone is 1. The predicted octanol–water partition coefficient (Wildman–Crippen LogP) is 2.42. The molecule has 1 aromatic rings. The van der Waals surface area contributed by atoms with Crippen LogP contribution in [0.1, 0.15) is 18.4 Å². The van der Waals surface area contributed by atoms with Crippen LogP contribution in [0.5, 0.6) is 0 Å². The summed E-state index contributed by atoms with van der Waals surface area (Å²) in [5, 5.41) is 1.24. The third-order valence-electron chi connectivity index (χ3n) is 2.49. The Balaban J connectivity index is 2.31. The van der Waals surface area contributed by atoms with Gasteiger partial charge < -0.3 is 4.74 Å². The molecule has 86 valence electrons. The first kappa shape index (κ1) is 11.2. The minimum absolute atomic E-state index is 0.320. The maximum atomic E-state index is 11.9. The Kier molecular flexibility index (Phi) is 3.01. The summed E-state index contributed by atoms with van der Waals surface area (Å²) >= 11 is 0. The van der Waals surface area contributed by atoms with Gasteiger partial charge in [0, 0.05) is 6.42 Å². The van der Waals surface area contributed by atoms with Crippen LogP contribution in [0, 0.1) is 6.92 Å². The van der Waals surface area contributed by atoms with Crippen LogP contribution in [0.2, 0.25) is 0 Å². The van der Waals surface area contributed by atoms with Gasteiger partial charge in [0.2, 0.25) is 9.84 Å². The molecule has 0 bridgehead atoms. The molecule has 16 heavy (non-hydrogen) atoms. The molecule has 1 heterocycles. The van der Waals surface area contributed by atoms with Crippen molar-refractivity contribution in [2.24, 2.45) is 0 Å². The van der Waals surface area contributed by atoms with E-state index in [1.165, 1.54) is 5.41 Å². The highest BCUT2D eigenvalue weighted by Crippen LogP contribution is 2.21. The second kappa shape index (κ2) is 4.29. The van der Waals surface area contributed by atoms with E-state index in [2.05, 4.69) is 0 Å². The van der Waals surface area contributed by atoms with Gasteiger partial charge in [0.15, 0.2) is 0 Å². The van der Waals surface area contributed by atoms with E-state index >= 15 is 0 Å². The van der Waals surface area contributed by atoms with Gasteiger partial charge in [-0.1, -0.05) is 17.7 Å². The molecule has 0 atom stereocenters. The monoisotopic (exact) mass is 238 g/mol. The zero-order valence-electron chi connectivity index (χ0n) is 9.14. The standard InChI is InChI=1S/C12H14O3S/c1-10-4-6-12(7-5-10)16(13,14)9-11-3-2-8-15-11/h4-7,9H,2-3,8H2,1H3/b11-9-. The maximum Gasteiger partial charge on any atom is 0.203 e. The summed E-state index contributed by atoms with van der Waals surface area (Å²) in [4.78, 5) is 0.320. The lowest BCUT2D eigenvalue weighted by Crippen LogP contribution is -1.98. The first-order chi connectivity index (χ1) is 7.58. The summed E-state index contributed by atoms with van der Waals surface area (Å²) in [7, 11) is -3.35. The molecule has 0 N–H and O–H groups in total. The molecule has 0 amide bonds. The molecule has 1 aromatic carbocycles. The van der Waals surface area contributed by atoms with Crippen molar-refractivity contribution in [3.05, 3.63) is 41.0 Å². The molecule has 1 aliphatic rings. The molecular formula is C12H14O3S. The van der Waals surface area contributed by atoms with Gasteiger partial charge in [0.1, 0.15) is 5.76 Å². The third kappa shape index (κ3) is 2.44. The molecule has 2 rings (SSSR count). The fourth-order valence-electron chi connectivity index (χ4n) is 1.58. The second-order valence-corrected chi connectivity index (χ2v) is 5.69. The van der Waals surface area contributed by atoms with Crippen molar-refractivity contribution >= 4 is 9.84 Å². The minimum atomic E-state index is -3.35. The number of hydrogen-bond donors (Lipinski definition) is 0. The Hall–Kier alpha value is -1.29. The largest absolute Gasteiger partial charge is 0.497 e. The van der Waals surface area contributed by atoms with E-state index in [0.717, 1.165) is 12.0 Å². The van der Waals surface area contributed by atoms with Gasteiger partial charge in [-0.25, -0.2) is 8.42 Å². The van der Waals surface area contributed by atoms with Crippen LogP contribution in [0.15, 0.2) is 40.3 Å². The number of aryl methyl sites for hydroxylation is 1. The van der Waals surface area contributed by atoms with Crippen molar-refractivity contribution in [3.63, 3.8) is 0 Å². The Bertz CT molecular complexity index is 490.